The maximum Gasteiger partial charge on any atom is 0.237 e. The van der Waals surface area contributed by atoms with Crippen LogP contribution >= 0.6 is 0 Å². The molecule has 7 heavy (non-hydrogen) atoms. The van der Waals surface area contributed by atoms with Gasteiger partial charge in [-0.3, -0.25) is 0 Å². The van der Waals surface area contributed by atoms with E-state index in [0.717, 1.165) is 0 Å². The first-order valence-corrected chi connectivity index (χ1v) is 2.04. The molecule has 0 bridgehead atoms. The van der Waals surface area contributed by atoms with Crippen molar-refractivity contribution in [2.75, 3.05) is 7.11 Å². The SMILES string of the molecule is CO[C](O)[C@H](C)N. The van der Waals surface area contributed by atoms with Crippen molar-refractivity contribution in [1.29, 1.82) is 0 Å². The van der Waals surface area contributed by atoms with E-state index in [1.807, 2.05) is 0 Å². The highest BCUT2D eigenvalue weighted by atomic mass is 16.6. The van der Waals surface area contributed by atoms with Crippen LogP contribution < -0.4 is 5.73 Å². The Balaban J connectivity index is 3.14. The molecule has 0 unspecified atom stereocenters. The first-order chi connectivity index (χ1) is 3.18. The normalized spacial score (nSPS) is 15.0. The zero-order valence-corrected chi connectivity index (χ0v) is 4.51. The smallest absolute Gasteiger partial charge is 0.237 e. The van der Waals surface area contributed by atoms with Gasteiger partial charge in [-0.25, -0.2) is 0 Å². The molecule has 0 aromatic heterocycles. The number of rotatable bonds is 2. The van der Waals surface area contributed by atoms with Crippen molar-refractivity contribution in [2.45, 2.75) is 13.0 Å². The number of ether oxygens (including phenoxy) is 1. The summed E-state index contributed by atoms with van der Waals surface area (Å²) >= 11 is 0. The van der Waals surface area contributed by atoms with Gasteiger partial charge in [0.2, 0.25) is 6.29 Å². The number of nitrogens with two attached hydrogens (primary N) is 1. The Hall–Kier alpha value is -0.120. The van der Waals surface area contributed by atoms with Crippen molar-refractivity contribution in [2.24, 2.45) is 5.73 Å². The quantitative estimate of drug-likeness (QED) is 0.512. The lowest BCUT2D eigenvalue weighted by molar-refractivity contribution is 0.0231. The van der Waals surface area contributed by atoms with Crippen molar-refractivity contribution >= 4 is 0 Å². The second-order valence-electron chi connectivity index (χ2n) is 1.33. The van der Waals surface area contributed by atoms with Crippen LogP contribution in [0.15, 0.2) is 0 Å². The molecule has 0 aliphatic carbocycles. The highest BCUT2D eigenvalue weighted by molar-refractivity contribution is 4.71. The second kappa shape index (κ2) is 2.96. The molecule has 0 amide bonds. The van der Waals surface area contributed by atoms with Gasteiger partial charge in [-0.15, -0.1) is 0 Å². The summed E-state index contributed by atoms with van der Waals surface area (Å²) < 4.78 is 4.36. The van der Waals surface area contributed by atoms with Crippen molar-refractivity contribution in [3.05, 3.63) is 6.29 Å². The lowest BCUT2D eigenvalue weighted by Gasteiger charge is -2.07. The number of aliphatic hydroxyl groups is 1. The van der Waals surface area contributed by atoms with E-state index in [9.17, 15) is 0 Å². The number of hydrogen-bond donors (Lipinski definition) is 2. The molecule has 1 radical (unpaired) electrons. The van der Waals surface area contributed by atoms with Gasteiger partial charge >= 0.3 is 0 Å². The molecule has 0 heterocycles. The van der Waals surface area contributed by atoms with Gasteiger partial charge in [0, 0.05) is 7.11 Å². The fourth-order valence-corrected chi connectivity index (χ4v) is 0.186. The van der Waals surface area contributed by atoms with E-state index in [2.05, 4.69) is 4.74 Å². The minimum atomic E-state index is -0.384. The highest BCUT2D eigenvalue weighted by Gasteiger charge is 2.07. The maximum atomic E-state index is 8.50. The van der Waals surface area contributed by atoms with Gasteiger partial charge in [0.25, 0.3) is 0 Å². The van der Waals surface area contributed by atoms with Gasteiger partial charge in [0.15, 0.2) is 0 Å². The summed E-state index contributed by atoms with van der Waals surface area (Å²) in [5, 5.41) is 8.50. The van der Waals surface area contributed by atoms with Crippen LogP contribution in [-0.2, 0) is 4.74 Å². The summed E-state index contributed by atoms with van der Waals surface area (Å²) in [6.45, 7) is 1.64. The third-order valence-corrected chi connectivity index (χ3v) is 0.599. The largest absolute Gasteiger partial charge is 0.360 e. The van der Waals surface area contributed by atoms with Gasteiger partial charge in [0.1, 0.15) is 0 Å². The molecular weight excluding hydrogens is 94.0 g/mol. The van der Waals surface area contributed by atoms with Crippen LogP contribution in [0.3, 0.4) is 0 Å². The van der Waals surface area contributed by atoms with Crippen LogP contribution in [0.4, 0.5) is 0 Å². The summed E-state index contributed by atoms with van der Waals surface area (Å²) in [7, 11) is 1.37. The van der Waals surface area contributed by atoms with Crippen LogP contribution in [0, 0.1) is 6.29 Å². The van der Waals surface area contributed by atoms with Gasteiger partial charge in [-0.1, -0.05) is 0 Å². The summed E-state index contributed by atoms with van der Waals surface area (Å²) in [6.07, 6.45) is -0.125. The maximum absolute atomic E-state index is 8.50. The number of aliphatic hydroxyl groups excluding tert-OH is 1. The van der Waals surface area contributed by atoms with Crippen molar-refractivity contribution in [3.8, 4) is 0 Å². The van der Waals surface area contributed by atoms with Crippen LogP contribution in [0.5, 0.6) is 0 Å². The fraction of sp³-hybridized carbons (Fsp3) is 0.750. The van der Waals surface area contributed by atoms with E-state index in [0.29, 0.717) is 0 Å². The molecule has 0 fully saturated rings. The summed E-state index contributed by atoms with van der Waals surface area (Å²) in [5.41, 5.74) is 5.13. The molecule has 0 aliphatic heterocycles. The van der Waals surface area contributed by atoms with E-state index in [1.54, 1.807) is 6.92 Å². The van der Waals surface area contributed by atoms with Crippen LogP contribution in [0.25, 0.3) is 0 Å². The Bertz CT molecular complexity index is 47.0. The average Bonchev–Trinajstić information content (AvgIpc) is 1.65. The minimum absolute atomic E-state index is 0.125. The standard InChI is InChI=1S/C4H10NO2/c1-3(5)4(6)7-2/h3,6H,5H2,1-2H3/t3-/m0/s1. The topological polar surface area (TPSA) is 55.5 Å². The zero-order chi connectivity index (χ0) is 5.86. The third kappa shape index (κ3) is 2.56. The molecule has 0 aliphatic rings. The predicted molar refractivity (Wildman–Crippen MR) is 25.8 cm³/mol. The van der Waals surface area contributed by atoms with Gasteiger partial charge in [-0.05, 0) is 6.92 Å². The Morgan fingerprint density at radius 1 is 1.86 bits per heavy atom. The molecule has 0 saturated heterocycles. The van der Waals surface area contributed by atoms with Crippen molar-refractivity contribution in [1.82, 2.24) is 0 Å². The molecule has 0 rings (SSSR count). The molecule has 0 aromatic carbocycles. The third-order valence-electron chi connectivity index (χ3n) is 0.599. The van der Waals surface area contributed by atoms with Gasteiger partial charge in [-0.2, -0.15) is 0 Å². The summed E-state index contributed by atoms with van der Waals surface area (Å²) in [4.78, 5) is 0. The van der Waals surface area contributed by atoms with Crippen molar-refractivity contribution < 1.29 is 9.84 Å². The monoisotopic (exact) mass is 104 g/mol. The minimum Gasteiger partial charge on any atom is -0.360 e. The average molecular weight is 104 g/mol. The van der Waals surface area contributed by atoms with E-state index in [-0.39, 0.29) is 12.3 Å². The number of methoxy groups -OCH3 is 1. The molecule has 0 aromatic rings. The Morgan fingerprint density at radius 2 is 2.29 bits per heavy atom. The first-order valence-electron chi connectivity index (χ1n) is 2.04. The lowest BCUT2D eigenvalue weighted by Crippen LogP contribution is -2.25. The van der Waals surface area contributed by atoms with Gasteiger partial charge < -0.3 is 15.6 Å². The van der Waals surface area contributed by atoms with Crippen LogP contribution in [0.2, 0.25) is 0 Å². The van der Waals surface area contributed by atoms with Crippen LogP contribution in [0.1, 0.15) is 6.92 Å². The highest BCUT2D eigenvalue weighted by Crippen LogP contribution is 1.96. The zero-order valence-electron chi connectivity index (χ0n) is 4.51. The van der Waals surface area contributed by atoms with Crippen molar-refractivity contribution in [3.63, 3.8) is 0 Å². The summed E-state index contributed by atoms with van der Waals surface area (Å²) in [5.74, 6) is 0. The van der Waals surface area contributed by atoms with E-state index >= 15 is 0 Å². The molecule has 3 nitrogen and oxygen atoms in total. The second-order valence-corrected chi connectivity index (χ2v) is 1.33. The van der Waals surface area contributed by atoms with E-state index in [1.165, 1.54) is 7.11 Å². The molecule has 43 valence electrons. The summed E-state index contributed by atoms with van der Waals surface area (Å²) in [6, 6.07) is -0.384. The van der Waals surface area contributed by atoms with E-state index < -0.39 is 0 Å². The molecule has 3 heteroatoms. The van der Waals surface area contributed by atoms with Crippen LogP contribution in [-0.4, -0.2) is 18.3 Å². The predicted octanol–water partition coefficient (Wildman–Crippen LogP) is -0.158. The van der Waals surface area contributed by atoms with E-state index in [4.69, 9.17) is 10.8 Å². The Labute approximate surface area is 43.1 Å². The molecular formula is C4H10NO2. The Morgan fingerprint density at radius 3 is 2.29 bits per heavy atom. The fourth-order valence-electron chi connectivity index (χ4n) is 0.186. The molecule has 1 atom stereocenters. The Kier molecular flexibility index (Phi) is 2.91. The molecule has 0 spiro atoms. The van der Waals surface area contributed by atoms with Gasteiger partial charge in [0.05, 0.1) is 6.04 Å². The number of hydrogen-bond acceptors (Lipinski definition) is 3. The molecule has 3 N–H and O–H groups in total. The lowest BCUT2D eigenvalue weighted by atomic mass is 10.4. The molecule has 0 saturated carbocycles. The first kappa shape index (κ1) is 6.88.